The number of rotatable bonds is 6. The topological polar surface area (TPSA) is 77.3 Å². The summed E-state index contributed by atoms with van der Waals surface area (Å²) in [5.41, 5.74) is 1.33. The molecule has 1 amide bonds. The predicted molar refractivity (Wildman–Crippen MR) is 125 cm³/mol. The highest BCUT2D eigenvalue weighted by Crippen LogP contribution is 2.44. The molecule has 34 heavy (non-hydrogen) atoms. The summed E-state index contributed by atoms with van der Waals surface area (Å²) in [4.78, 5) is 21.6. The molecule has 3 aromatic rings. The molecule has 1 aromatic heterocycles. The van der Waals surface area contributed by atoms with Crippen molar-refractivity contribution in [1.29, 1.82) is 0 Å². The Hall–Kier alpha value is -3.75. The Morgan fingerprint density at radius 1 is 0.971 bits per heavy atom. The van der Waals surface area contributed by atoms with Gasteiger partial charge in [-0.25, -0.2) is 9.37 Å². The molecule has 8 nitrogen and oxygen atoms in total. The molecule has 2 aromatic carbocycles. The van der Waals surface area contributed by atoms with Crippen LogP contribution in [0.5, 0.6) is 17.2 Å². The van der Waals surface area contributed by atoms with Crippen LogP contribution in [0.15, 0.2) is 40.8 Å². The van der Waals surface area contributed by atoms with Crippen LogP contribution in [-0.4, -0.2) is 63.3 Å². The Balaban J connectivity index is 1.58. The van der Waals surface area contributed by atoms with Gasteiger partial charge in [-0.3, -0.25) is 4.79 Å². The Bertz CT molecular complexity index is 1180. The number of benzene rings is 2. The summed E-state index contributed by atoms with van der Waals surface area (Å²) in [6.45, 7) is 3.91. The van der Waals surface area contributed by atoms with E-state index < -0.39 is 5.82 Å². The van der Waals surface area contributed by atoms with Gasteiger partial charge in [0.1, 0.15) is 11.5 Å². The first-order chi connectivity index (χ1) is 16.5. The SMILES string of the molecule is COc1ccc(N2CCCN(C(=O)c3oc(C)nc3-c3ccccc3F)CC2)c(OC)c1OC. The first-order valence-corrected chi connectivity index (χ1v) is 11.0. The quantitative estimate of drug-likeness (QED) is 0.536. The number of hydrogen-bond acceptors (Lipinski definition) is 7. The maximum Gasteiger partial charge on any atom is 0.292 e. The van der Waals surface area contributed by atoms with E-state index in [-0.39, 0.29) is 22.9 Å². The number of anilines is 1. The third kappa shape index (κ3) is 4.37. The molecule has 0 spiro atoms. The zero-order valence-electron chi connectivity index (χ0n) is 19.8. The van der Waals surface area contributed by atoms with Crippen LogP contribution in [0.3, 0.4) is 0 Å². The number of hydrogen-bond donors (Lipinski definition) is 0. The summed E-state index contributed by atoms with van der Waals surface area (Å²) in [6, 6.07) is 10.00. The van der Waals surface area contributed by atoms with Gasteiger partial charge in [0.2, 0.25) is 11.5 Å². The van der Waals surface area contributed by atoms with E-state index in [0.29, 0.717) is 49.3 Å². The van der Waals surface area contributed by atoms with E-state index >= 15 is 0 Å². The Kier molecular flexibility index (Phi) is 6.90. The van der Waals surface area contributed by atoms with Gasteiger partial charge in [0.05, 0.1) is 27.0 Å². The van der Waals surface area contributed by atoms with Gasteiger partial charge in [-0.05, 0) is 30.7 Å². The number of carbonyl (C=O) groups excluding carboxylic acids is 1. The number of amides is 1. The van der Waals surface area contributed by atoms with Gasteiger partial charge in [0.25, 0.3) is 5.91 Å². The fourth-order valence-corrected chi connectivity index (χ4v) is 4.25. The fraction of sp³-hybridized carbons (Fsp3) is 0.360. The number of nitrogens with zero attached hydrogens (tertiary/aromatic N) is 3. The average molecular weight is 470 g/mol. The highest BCUT2D eigenvalue weighted by atomic mass is 19.1. The minimum Gasteiger partial charge on any atom is -0.493 e. The third-order valence-electron chi connectivity index (χ3n) is 5.86. The van der Waals surface area contributed by atoms with Crippen molar-refractivity contribution >= 4 is 11.6 Å². The number of carbonyl (C=O) groups is 1. The summed E-state index contributed by atoms with van der Waals surface area (Å²) in [5.74, 6) is 1.29. The number of aromatic nitrogens is 1. The average Bonchev–Trinajstić information content (AvgIpc) is 3.07. The minimum absolute atomic E-state index is 0.0553. The zero-order valence-corrected chi connectivity index (χ0v) is 19.8. The van der Waals surface area contributed by atoms with E-state index in [1.807, 2.05) is 12.1 Å². The first kappa shape index (κ1) is 23.4. The van der Waals surface area contributed by atoms with Gasteiger partial charge in [0.15, 0.2) is 17.4 Å². The van der Waals surface area contributed by atoms with Crippen LogP contribution in [0.25, 0.3) is 11.3 Å². The molecule has 9 heteroatoms. The smallest absolute Gasteiger partial charge is 0.292 e. The van der Waals surface area contributed by atoms with Crippen LogP contribution < -0.4 is 19.1 Å². The minimum atomic E-state index is -0.451. The molecule has 0 atom stereocenters. The second-order valence-electron chi connectivity index (χ2n) is 7.88. The Labute approximate surface area is 197 Å². The molecule has 0 unspecified atom stereocenters. The maximum absolute atomic E-state index is 14.4. The molecule has 1 fully saturated rings. The lowest BCUT2D eigenvalue weighted by molar-refractivity contribution is 0.0734. The van der Waals surface area contributed by atoms with E-state index in [1.54, 1.807) is 51.4 Å². The van der Waals surface area contributed by atoms with Crippen molar-refractivity contribution in [2.24, 2.45) is 0 Å². The van der Waals surface area contributed by atoms with Gasteiger partial charge >= 0.3 is 0 Å². The van der Waals surface area contributed by atoms with Gasteiger partial charge in [-0.15, -0.1) is 0 Å². The second kappa shape index (κ2) is 10.0. The molecular formula is C25H28FN3O5. The number of ether oxygens (including phenoxy) is 3. The molecule has 0 N–H and O–H groups in total. The molecule has 0 saturated carbocycles. The third-order valence-corrected chi connectivity index (χ3v) is 5.86. The van der Waals surface area contributed by atoms with Crippen molar-refractivity contribution < 1.29 is 27.8 Å². The van der Waals surface area contributed by atoms with Gasteiger partial charge in [-0.1, -0.05) is 12.1 Å². The summed E-state index contributed by atoms with van der Waals surface area (Å²) >= 11 is 0. The number of methoxy groups -OCH3 is 3. The molecule has 0 radical (unpaired) electrons. The van der Waals surface area contributed by atoms with E-state index in [9.17, 15) is 9.18 Å². The highest BCUT2D eigenvalue weighted by Gasteiger charge is 2.29. The molecule has 1 aliphatic heterocycles. The fourth-order valence-electron chi connectivity index (χ4n) is 4.25. The molecule has 2 heterocycles. The molecule has 0 aliphatic carbocycles. The van der Waals surface area contributed by atoms with Crippen LogP contribution in [0.1, 0.15) is 22.9 Å². The molecule has 1 aliphatic rings. The predicted octanol–water partition coefficient (Wildman–Crippen LogP) is 4.17. The van der Waals surface area contributed by atoms with Crippen molar-refractivity contribution in [3.63, 3.8) is 0 Å². The first-order valence-electron chi connectivity index (χ1n) is 11.0. The lowest BCUT2D eigenvalue weighted by Crippen LogP contribution is -2.35. The van der Waals surface area contributed by atoms with E-state index in [2.05, 4.69) is 9.88 Å². The second-order valence-corrected chi connectivity index (χ2v) is 7.88. The monoisotopic (exact) mass is 469 g/mol. The Morgan fingerprint density at radius 3 is 2.44 bits per heavy atom. The zero-order chi connectivity index (χ0) is 24.2. The van der Waals surface area contributed by atoms with Crippen LogP contribution in [-0.2, 0) is 0 Å². The van der Waals surface area contributed by atoms with Gasteiger partial charge < -0.3 is 28.4 Å². The standard InChI is InChI=1S/C25H28FN3O5/c1-16-27-21(17-8-5-6-9-18(17)26)24(34-16)25(30)29-13-7-12-28(14-15-29)19-10-11-20(31-2)23(33-4)22(19)32-3/h5-6,8-11H,7,12-15H2,1-4H3. The van der Waals surface area contributed by atoms with Crippen molar-refractivity contribution in [2.45, 2.75) is 13.3 Å². The molecule has 0 bridgehead atoms. The van der Waals surface area contributed by atoms with Crippen LogP contribution in [0, 0.1) is 12.7 Å². The van der Waals surface area contributed by atoms with Crippen molar-refractivity contribution in [3.8, 4) is 28.5 Å². The van der Waals surface area contributed by atoms with Crippen molar-refractivity contribution in [3.05, 3.63) is 53.9 Å². The lowest BCUT2D eigenvalue weighted by atomic mass is 10.1. The van der Waals surface area contributed by atoms with Gasteiger partial charge in [-0.2, -0.15) is 0 Å². The van der Waals surface area contributed by atoms with E-state index in [1.165, 1.54) is 6.07 Å². The summed E-state index contributed by atoms with van der Waals surface area (Å²) in [7, 11) is 4.73. The summed E-state index contributed by atoms with van der Waals surface area (Å²) in [6.07, 6.45) is 0.728. The molecule has 1 saturated heterocycles. The Morgan fingerprint density at radius 2 is 1.74 bits per heavy atom. The normalized spacial score (nSPS) is 14.0. The van der Waals surface area contributed by atoms with Crippen LogP contribution in [0.2, 0.25) is 0 Å². The highest BCUT2D eigenvalue weighted by molar-refractivity contribution is 5.97. The summed E-state index contributed by atoms with van der Waals surface area (Å²) < 4.78 is 36.6. The van der Waals surface area contributed by atoms with Gasteiger partial charge in [0, 0.05) is 38.7 Å². The summed E-state index contributed by atoms with van der Waals surface area (Å²) in [5, 5.41) is 0. The van der Waals surface area contributed by atoms with E-state index in [4.69, 9.17) is 18.6 Å². The number of oxazole rings is 1. The largest absolute Gasteiger partial charge is 0.493 e. The molecule has 4 rings (SSSR count). The maximum atomic E-state index is 14.4. The number of halogens is 1. The van der Waals surface area contributed by atoms with Crippen LogP contribution in [0.4, 0.5) is 10.1 Å². The van der Waals surface area contributed by atoms with Crippen molar-refractivity contribution in [1.82, 2.24) is 9.88 Å². The van der Waals surface area contributed by atoms with Crippen LogP contribution >= 0.6 is 0 Å². The van der Waals surface area contributed by atoms with E-state index in [0.717, 1.165) is 12.1 Å². The van der Waals surface area contributed by atoms with Crippen molar-refractivity contribution in [2.75, 3.05) is 52.4 Å². The lowest BCUT2D eigenvalue weighted by Gasteiger charge is -2.26. The molecule has 180 valence electrons. The molecular weight excluding hydrogens is 441 g/mol. The number of aryl methyl sites for hydroxylation is 1.